The molecule has 3 aromatic carbocycles. The molecule has 0 unspecified atom stereocenters. The first kappa shape index (κ1) is 20.2. The summed E-state index contributed by atoms with van der Waals surface area (Å²) in [4.78, 5) is 27.8. The molecule has 2 amide bonds. The Labute approximate surface area is 190 Å². The first-order valence-electron chi connectivity index (χ1n) is 10.6. The SMILES string of the molecule is CCCn1cc(C=C2C(=O)NC(=S)N(c3cccc4ccccc34)C2=O)c2ccccc21. The lowest BCUT2D eigenvalue weighted by Crippen LogP contribution is -2.54. The van der Waals surface area contributed by atoms with Gasteiger partial charge in [-0.05, 0) is 42.2 Å². The number of benzene rings is 3. The van der Waals surface area contributed by atoms with Crippen LogP contribution in [0.25, 0.3) is 27.8 Å². The molecule has 5 nitrogen and oxygen atoms in total. The van der Waals surface area contributed by atoms with Crippen molar-refractivity contribution in [1.29, 1.82) is 0 Å². The summed E-state index contributed by atoms with van der Waals surface area (Å²) < 4.78 is 2.15. The van der Waals surface area contributed by atoms with Crippen LogP contribution in [0, 0.1) is 0 Å². The summed E-state index contributed by atoms with van der Waals surface area (Å²) in [7, 11) is 0. The molecule has 1 N–H and O–H groups in total. The number of hydrogen-bond acceptors (Lipinski definition) is 3. The Morgan fingerprint density at radius 3 is 2.47 bits per heavy atom. The molecule has 1 saturated heterocycles. The van der Waals surface area contributed by atoms with Crippen molar-refractivity contribution in [3.63, 3.8) is 0 Å². The lowest BCUT2D eigenvalue weighted by molar-refractivity contribution is -0.122. The molecule has 0 radical (unpaired) electrons. The van der Waals surface area contributed by atoms with Crippen molar-refractivity contribution in [3.8, 4) is 0 Å². The number of amides is 2. The van der Waals surface area contributed by atoms with Crippen LogP contribution in [0.2, 0.25) is 0 Å². The zero-order chi connectivity index (χ0) is 22.2. The second-order valence-corrected chi connectivity index (χ2v) is 8.14. The zero-order valence-corrected chi connectivity index (χ0v) is 18.4. The second kappa shape index (κ2) is 8.05. The number of hydrogen-bond donors (Lipinski definition) is 1. The van der Waals surface area contributed by atoms with Gasteiger partial charge in [0.25, 0.3) is 11.8 Å². The Hall–Kier alpha value is -3.77. The van der Waals surface area contributed by atoms with E-state index in [2.05, 4.69) is 16.8 Å². The average molecular weight is 440 g/mol. The minimum Gasteiger partial charge on any atom is -0.347 e. The highest BCUT2D eigenvalue weighted by atomic mass is 32.1. The molecule has 0 bridgehead atoms. The highest BCUT2D eigenvalue weighted by Crippen LogP contribution is 2.31. The maximum absolute atomic E-state index is 13.6. The summed E-state index contributed by atoms with van der Waals surface area (Å²) in [6.45, 7) is 2.98. The number of fused-ring (bicyclic) bond motifs is 2. The van der Waals surface area contributed by atoms with Gasteiger partial charge >= 0.3 is 0 Å². The molecule has 4 aromatic rings. The van der Waals surface area contributed by atoms with E-state index in [4.69, 9.17) is 12.2 Å². The van der Waals surface area contributed by atoms with Crippen molar-refractivity contribution in [2.45, 2.75) is 19.9 Å². The van der Waals surface area contributed by atoms with Gasteiger partial charge in [0.05, 0.1) is 5.69 Å². The number of anilines is 1. The maximum atomic E-state index is 13.6. The Kier molecular flexibility index (Phi) is 5.07. The molecular formula is C26H21N3O2S. The quantitative estimate of drug-likeness (QED) is 0.275. The van der Waals surface area contributed by atoms with E-state index >= 15 is 0 Å². The number of para-hydroxylation sites is 1. The Bertz CT molecular complexity index is 1430. The number of nitrogens with one attached hydrogen (secondary N) is 1. The number of carbonyl (C=O) groups excluding carboxylic acids is 2. The summed E-state index contributed by atoms with van der Waals surface area (Å²) in [5.74, 6) is -0.911. The summed E-state index contributed by atoms with van der Waals surface area (Å²) >= 11 is 5.40. The van der Waals surface area contributed by atoms with Crippen molar-refractivity contribution >= 4 is 62.6 Å². The van der Waals surface area contributed by atoms with Gasteiger partial charge in [0, 0.05) is 34.6 Å². The Morgan fingerprint density at radius 1 is 0.938 bits per heavy atom. The fourth-order valence-electron chi connectivity index (χ4n) is 4.25. The molecule has 0 saturated carbocycles. The zero-order valence-electron chi connectivity index (χ0n) is 17.5. The van der Waals surface area contributed by atoms with Gasteiger partial charge in [0.2, 0.25) is 0 Å². The van der Waals surface area contributed by atoms with Crippen molar-refractivity contribution in [3.05, 3.63) is 84.1 Å². The monoisotopic (exact) mass is 439 g/mol. The minimum absolute atomic E-state index is 0.0611. The molecule has 1 aliphatic heterocycles. The van der Waals surface area contributed by atoms with E-state index in [-0.39, 0.29) is 10.7 Å². The van der Waals surface area contributed by atoms with Crippen LogP contribution in [-0.4, -0.2) is 21.5 Å². The van der Waals surface area contributed by atoms with Gasteiger partial charge in [0.1, 0.15) is 5.57 Å². The predicted molar refractivity (Wildman–Crippen MR) is 132 cm³/mol. The van der Waals surface area contributed by atoms with Gasteiger partial charge in [-0.1, -0.05) is 61.5 Å². The molecule has 1 aliphatic rings. The molecule has 6 heteroatoms. The number of nitrogens with zero attached hydrogens (tertiary/aromatic N) is 2. The molecule has 5 rings (SSSR count). The summed E-state index contributed by atoms with van der Waals surface area (Å²) in [5.41, 5.74) is 2.62. The van der Waals surface area contributed by atoms with Crippen LogP contribution in [-0.2, 0) is 16.1 Å². The Morgan fingerprint density at radius 2 is 1.66 bits per heavy atom. The molecule has 0 spiro atoms. The maximum Gasteiger partial charge on any atom is 0.270 e. The topological polar surface area (TPSA) is 54.3 Å². The lowest BCUT2D eigenvalue weighted by atomic mass is 10.0. The third-order valence-electron chi connectivity index (χ3n) is 5.69. The summed E-state index contributed by atoms with van der Waals surface area (Å²) in [6.07, 6.45) is 4.65. The third kappa shape index (κ3) is 3.29. The molecule has 0 aliphatic carbocycles. The summed E-state index contributed by atoms with van der Waals surface area (Å²) in [5, 5.41) is 5.66. The summed E-state index contributed by atoms with van der Waals surface area (Å²) in [6, 6.07) is 21.5. The van der Waals surface area contributed by atoms with E-state index in [0.29, 0.717) is 5.69 Å². The fourth-order valence-corrected chi connectivity index (χ4v) is 4.53. The number of carbonyl (C=O) groups is 2. The van der Waals surface area contributed by atoms with E-state index in [1.807, 2.05) is 72.9 Å². The van der Waals surface area contributed by atoms with Gasteiger partial charge in [-0.15, -0.1) is 0 Å². The smallest absolute Gasteiger partial charge is 0.270 e. The van der Waals surface area contributed by atoms with Crippen molar-refractivity contribution in [1.82, 2.24) is 9.88 Å². The largest absolute Gasteiger partial charge is 0.347 e. The van der Waals surface area contributed by atoms with Crippen LogP contribution in [0.15, 0.2) is 78.5 Å². The number of thiocarbonyl (C=S) groups is 1. The van der Waals surface area contributed by atoms with Crippen LogP contribution in [0.1, 0.15) is 18.9 Å². The van der Waals surface area contributed by atoms with Crippen LogP contribution in [0.3, 0.4) is 0 Å². The average Bonchev–Trinajstić information content (AvgIpc) is 3.14. The first-order chi connectivity index (χ1) is 15.6. The van der Waals surface area contributed by atoms with E-state index in [1.165, 1.54) is 4.90 Å². The molecule has 2 heterocycles. The van der Waals surface area contributed by atoms with Gasteiger partial charge in [-0.2, -0.15) is 0 Å². The first-order valence-corrected chi connectivity index (χ1v) is 11.0. The molecular weight excluding hydrogens is 418 g/mol. The van der Waals surface area contributed by atoms with Crippen LogP contribution in [0.5, 0.6) is 0 Å². The standard InChI is InChI=1S/C26H21N3O2S/c1-2-14-28-16-18(20-11-5-6-12-22(20)28)15-21-24(30)27-26(32)29(25(21)31)23-13-7-9-17-8-3-4-10-19(17)23/h3-13,15-16H,2,14H2,1H3,(H,27,30,32). The highest BCUT2D eigenvalue weighted by molar-refractivity contribution is 7.80. The lowest BCUT2D eigenvalue weighted by Gasteiger charge is -2.29. The van der Waals surface area contributed by atoms with E-state index < -0.39 is 11.8 Å². The van der Waals surface area contributed by atoms with Gasteiger partial charge < -0.3 is 4.57 Å². The Balaban J connectivity index is 1.64. The third-order valence-corrected chi connectivity index (χ3v) is 5.98. The molecule has 32 heavy (non-hydrogen) atoms. The van der Waals surface area contributed by atoms with Crippen molar-refractivity contribution in [2.75, 3.05) is 4.90 Å². The van der Waals surface area contributed by atoms with E-state index in [9.17, 15) is 9.59 Å². The van der Waals surface area contributed by atoms with Crippen LogP contribution in [0.4, 0.5) is 5.69 Å². The van der Waals surface area contributed by atoms with Crippen molar-refractivity contribution < 1.29 is 9.59 Å². The van der Waals surface area contributed by atoms with Gasteiger partial charge in [-0.25, -0.2) is 0 Å². The number of rotatable bonds is 4. The molecule has 158 valence electrons. The van der Waals surface area contributed by atoms with Crippen LogP contribution >= 0.6 is 12.2 Å². The van der Waals surface area contributed by atoms with Crippen molar-refractivity contribution in [2.24, 2.45) is 0 Å². The minimum atomic E-state index is -0.483. The van der Waals surface area contributed by atoms with E-state index in [1.54, 1.807) is 6.08 Å². The number of aryl methyl sites for hydroxylation is 1. The molecule has 0 atom stereocenters. The second-order valence-electron chi connectivity index (χ2n) is 7.75. The normalized spacial score (nSPS) is 15.7. The van der Waals surface area contributed by atoms with E-state index in [0.717, 1.165) is 40.2 Å². The molecule has 1 aromatic heterocycles. The number of aromatic nitrogens is 1. The van der Waals surface area contributed by atoms with Gasteiger partial charge in [0.15, 0.2) is 5.11 Å². The molecule has 1 fully saturated rings. The highest BCUT2D eigenvalue weighted by Gasteiger charge is 2.35. The van der Waals surface area contributed by atoms with Crippen LogP contribution < -0.4 is 10.2 Å². The predicted octanol–water partition coefficient (Wildman–Crippen LogP) is 5.04. The van der Waals surface area contributed by atoms with Gasteiger partial charge in [-0.3, -0.25) is 19.8 Å². The fraction of sp³-hybridized carbons (Fsp3) is 0.115.